The molecular weight excluding hydrogens is 320 g/mol. The van der Waals surface area contributed by atoms with Crippen molar-refractivity contribution in [2.45, 2.75) is 25.5 Å². The first kappa shape index (κ1) is 17.0. The number of carbonyl (C=O) groups excluding carboxylic acids is 1. The van der Waals surface area contributed by atoms with Gasteiger partial charge in [-0.2, -0.15) is 0 Å². The molecule has 4 nitrogen and oxygen atoms in total. The Balaban J connectivity index is 1.47. The van der Waals surface area contributed by atoms with E-state index >= 15 is 0 Å². The number of likely N-dealkylation sites (N-methyl/N-ethyl adjacent to an activating group) is 1. The molecule has 1 N–H and O–H groups in total. The van der Waals surface area contributed by atoms with Crippen molar-refractivity contribution < 1.29 is 9.53 Å². The van der Waals surface area contributed by atoms with Gasteiger partial charge in [0.25, 0.3) is 0 Å². The summed E-state index contributed by atoms with van der Waals surface area (Å²) in [5.41, 5.74) is 1.00. The van der Waals surface area contributed by atoms with Crippen LogP contribution in [0.25, 0.3) is 0 Å². The van der Waals surface area contributed by atoms with Crippen molar-refractivity contribution in [3.05, 3.63) is 58.3 Å². The lowest BCUT2D eigenvalue weighted by Gasteiger charge is -2.35. The smallest absolute Gasteiger partial charge is 0.407 e. The van der Waals surface area contributed by atoms with Gasteiger partial charge in [0.05, 0.1) is 0 Å². The van der Waals surface area contributed by atoms with Crippen LogP contribution in [0.3, 0.4) is 0 Å². The molecule has 2 atom stereocenters. The van der Waals surface area contributed by atoms with Gasteiger partial charge in [0.2, 0.25) is 0 Å². The molecule has 24 heavy (non-hydrogen) atoms. The number of likely N-dealkylation sites (tertiary alicyclic amines) is 1. The number of amides is 1. The van der Waals surface area contributed by atoms with Gasteiger partial charge in [0.1, 0.15) is 6.61 Å². The molecule has 2 unspecified atom stereocenters. The third-order valence-corrected chi connectivity index (χ3v) is 5.22. The summed E-state index contributed by atoms with van der Waals surface area (Å²) in [6.07, 6.45) is 1.76. The van der Waals surface area contributed by atoms with Crippen LogP contribution in [0.1, 0.15) is 16.9 Å². The molecule has 1 fully saturated rings. The number of carbonyl (C=O) groups is 1. The van der Waals surface area contributed by atoms with Crippen molar-refractivity contribution in [3.63, 3.8) is 0 Å². The third-order valence-electron chi connectivity index (χ3n) is 4.32. The molecular formula is C19H24N2O2S. The predicted molar refractivity (Wildman–Crippen MR) is 97.2 cm³/mol. The summed E-state index contributed by atoms with van der Waals surface area (Å²) in [5.74, 6) is 0.571. The normalized spacial score (nSPS) is 21.4. The molecule has 0 spiro atoms. The lowest BCUT2D eigenvalue weighted by atomic mass is 9.91. The lowest BCUT2D eigenvalue weighted by Crippen LogP contribution is -2.49. The van der Waals surface area contributed by atoms with E-state index in [0.29, 0.717) is 12.5 Å². The number of thiophene rings is 1. The second-order valence-electron chi connectivity index (χ2n) is 6.51. The zero-order chi connectivity index (χ0) is 16.8. The van der Waals surface area contributed by atoms with Gasteiger partial charge in [-0.15, -0.1) is 11.3 Å². The average Bonchev–Trinajstić information content (AvgIpc) is 3.06. The SMILES string of the molecule is CN1CC(Cc2cccs2)CC(NC(=O)OCc2ccccc2)C1. The number of hydrogen-bond acceptors (Lipinski definition) is 4. The van der Waals surface area contributed by atoms with Crippen LogP contribution in [-0.2, 0) is 17.8 Å². The predicted octanol–water partition coefficient (Wildman–Crippen LogP) is 3.54. The van der Waals surface area contributed by atoms with Crippen LogP contribution < -0.4 is 5.32 Å². The number of alkyl carbamates (subject to hydrolysis) is 1. The maximum absolute atomic E-state index is 12.1. The van der Waals surface area contributed by atoms with Crippen LogP contribution in [-0.4, -0.2) is 37.2 Å². The molecule has 2 heterocycles. The topological polar surface area (TPSA) is 41.6 Å². The Kier molecular flexibility index (Phi) is 5.88. The van der Waals surface area contributed by atoms with E-state index < -0.39 is 0 Å². The fourth-order valence-corrected chi connectivity index (χ4v) is 4.16. The molecule has 0 bridgehead atoms. The molecule has 1 aliphatic heterocycles. The number of ether oxygens (including phenoxy) is 1. The van der Waals surface area contributed by atoms with Crippen LogP contribution in [0.5, 0.6) is 0 Å². The Morgan fingerprint density at radius 2 is 2.08 bits per heavy atom. The van der Waals surface area contributed by atoms with Gasteiger partial charge in [0.15, 0.2) is 0 Å². The van der Waals surface area contributed by atoms with Gasteiger partial charge in [-0.05, 0) is 42.8 Å². The van der Waals surface area contributed by atoms with Crippen LogP contribution in [0.4, 0.5) is 4.79 Å². The van der Waals surface area contributed by atoms with Gasteiger partial charge < -0.3 is 15.0 Å². The zero-order valence-electron chi connectivity index (χ0n) is 14.0. The molecule has 1 aromatic carbocycles. The van der Waals surface area contributed by atoms with Gasteiger partial charge in [-0.25, -0.2) is 4.79 Å². The van der Waals surface area contributed by atoms with Crippen LogP contribution >= 0.6 is 11.3 Å². The number of nitrogens with one attached hydrogen (secondary N) is 1. The van der Waals surface area contributed by atoms with Crippen LogP contribution in [0.15, 0.2) is 47.8 Å². The van der Waals surface area contributed by atoms with Crippen molar-refractivity contribution in [2.24, 2.45) is 5.92 Å². The fourth-order valence-electron chi connectivity index (χ4n) is 3.34. The van der Waals surface area contributed by atoms with Crippen molar-refractivity contribution in [3.8, 4) is 0 Å². The third kappa shape index (κ3) is 5.08. The van der Waals surface area contributed by atoms with E-state index in [0.717, 1.165) is 31.5 Å². The van der Waals surface area contributed by atoms with Crippen molar-refractivity contribution in [1.82, 2.24) is 10.2 Å². The van der Waals surface area contributed by atoms with Crippen molar-refractivity contribution in [2.75, 3.05) is 20.1 Å². The summed E-state index contributed by atoms with van der Waals surface area (Å²) in [5, 5.41) is 5.15. The Morgan fingerprint density at radius 3 is 2.83 bits per heavy atom. The summed E-state index contributed by atoms with van der Waals surface area (Å²) in [6.45, 7) is 2.27. The molecule has 1 amide bonds. The highest BCUT2D eigenvalue weighted by Crippen LogP contribution is 2.22. The minimum atomic E-state index is -0.325. The Labute approximate surface area is 147 Å². The standard InChI is InChI=1S/C19H24N2O2S/c1-21-12-16(11-18-8-5-9-24-18)10-17(13-21)20-19(22)23-14-15-6-3-2-4-7-15/h2-9,16-17H,10-14H2,1H3,(H,20,22). The Hall–Kier alpha value is -1.85. The van der Waals surface area contributed by atoms with Gasteiger partial charge in [-0.1, -0.05) is 36.4 Å². The summed E-state index contributed by atoms with van der Waals surface area (Å²) in [7, 11) is 2.12. The summed E-state index contributed by atoms with van der Waals surface area (Å²) < 4.78 is 5.34. The molecule has 128 valence electrons. The highest BCUT2D eigenvalue weighted by molar-refractivity contribution is 7.09. The van der Waals surface area contributed by atoms with E-state index in [1.807, 2.05) is 41.7 Å². The van der Waals surface area contributed by atoms with E-state index in [1.165, 1.54) is 4.88 Å². The van der Waals surface area contributed by atoms with Gasteiger partial charge >= 0.3 is 6.09 Å². The first-order valence-corrected chi connectivity index (χ1v) is 9.25. The number of hydrogen-bond donors (Lipinski definition) is 1. The molecule has 1 saturated heterocycles. The van der Waals surface area contributed by atoms with Gasteiger partial charge in [0, 0.05) is 24.0 Å². The fraction of sp³-hybridized carbons (Fsp3) is 0.421. The Morgan fingerprint density at radius 1 is 1.25 bits per heavy atom. The summed E-state index contributed by atoms with van der Waals surface area (Å²) in [6, 6.07) is 14.2. The Bertz CT molecular complexity index is 630. The van der Waals surface area contributed by atoms with Crippen molar-refractivity contribution in [1.29, 1.82) is 0 Å². The van der Waals surface area contributed by atoms with Crippen LogP contribution in [0, 0.1) is 5.92 Å². The minimum Gasteiger partial charge on any atom is -0.445 e. The molecule has 5 heteroatoms. The molecule has 0 radical (unpaired) electrons. The molecule has 3 rings (SSSR count). The molecule has 1 aromatic heterocycles. The maximum Gasteiger partial charge on any atom is 0.407 e. The monoisotopic (exact) mass is 344 g/mol. The maximum atomic E-state index is 12.1. The van der Waals surface area contributed by atoms with E-state index in [-0.39, 0.29) is 12.1 Å². The van der Waals surface area contributed by atoms with Crippen molar-refractivity contribution >= 4 is 17.4 Å². The second-order valence-corrected chi connectivity index (χ2v) is 7.54. The van der Waals surface area contributed by atoms with E-state index in [4.69, 9.17) is 4.74 Å². The summed E-state index contributed by atoms with van der Waals surface area (Å²) >= 11 is 1.81. The summed E-state index contributed by atoms with van der Waals surface area (Å²) in [4.78, 5) is 15.8. The first-order valence-electron chi connectivity index (χ1n) is 8.37. The van der Waals surface area contributed by atoms with Crippen LogP contribution in [0.2, 0.25) is 0 Å². The quantitative estimate of drug-likeness (QED) is 0.902. The van der Waals surface area contributed by atoms with E-state index in [9.17, 15) is 4.79 Å². The van der Waals surface area contributed by atoms with E-state index in [2.05, 4.69) is 34.8 Å². The first-order chi connectivity index (χ1) is 11.7. The number of rotatable bonds is 5. The molecule has 1 aliphatic rings. The lowest BCUT2D eigenvalue weighted by molar-refractivity contribution is 0.119. The highest BCUT2D eigenvalue weighted by atomic mass is 32.1. The van der Waals surface area contributed by atoms with E-state index in [1.54, 1.807) is 0 Å². The highest BCUT2D eigenvalue weighted by Gasteiger charge is 2.27. The molecule has 2 aromatic rings. The molecule has 0 saturated carbocycles. The minimum absolute atomic E-state index is 0.150. The largest absolute Gasteiger partial charge is 0.445 e. The van der Waals surface area contributed by atoms with Gasteiger partial charge in [-0.3, -0.25) is 0 Å². The molecule has 0 aliphatic carbocycles. The zero-order valence-corrected chi connectivity index (χ0v) is 14.8. The second kappa shape index (κ2) is 8.31. The number of nitrogens with zero attached hydrogens (tertiary/aromatic N) is 1. The average molecular weight is 344 g/mol. The number of benzene rings is 1. The number of piperidine rings is 1.